The summed E-state index contributed by atoms with van der Waals surface area (Å²) < 4.78 is 53.5. The Morgan fingerprint density at radius 2 is 1.65 bits per heavy atom. The molecule has 0 bridgehead atoms. The third-order valence-corrected chi connectivity index (χ3v) is 4.57. The van der Waals surface area contributed by atoms with E-state index in [1.54, 1.807) is 6.92 Å². The fraction of sp³-hybridized carbons (Fsp3) is 1.00. The van der Waals surface area contributed by atoms with Gasteiger partial charge < -0.3 is 9.47 Å². The molecule has 7 unspecified atom stereocenters. The van der Waals surface area contributed by atoms with Crippen molar-refractivity contribution in [3.8, 4) is 0 Å². The van der Waals surface area contributed by atoms with Crippen molar-refractivity contribution < 1.29 is 22.6 Å². The maximum Gasteiger partial charge on any atom is 0.157 e. The molecule has 5 heteroatoms. The van der Waals surface area contributed by atoms with Gasteiger partial charge in [0, 0.05) is 19.1 Å². The van der Waals surface area contributed by atoms with Crippen LogP contribution in [0, 0.1) is 11.8 Å². The first kappa shape index (κ1) is 16.1. The molecular weight excluding hydrogens is 269 g/mol. The smallest absolute Gasteiger partial charge is 0.157 e. The van der Waals surface area contributed by atoms with Crippen LogP contribution in [0.3, 0.4) is 0 Å². The maximum atomic E-state index is 14.4. The van der Waals surface area contributed by atoms with E-state index >= 15 is 0 Å². The van der Waals surface area contributed by atoms with Crippen LogP contribution < -0.4 is 0 Å². The number of rotatable bonds is 5. The molecule has 2 aliphatic rings. The molecule has 0 heterocycles. The van der Waals surface area contributed by atoms with Gasteiger partial charge in [0.15, 0.2) is 6.17 Å². The van der Waals surface area contributed by atoms with Crippen LogP contribution in [0.15, 0.2) is 0 Å². The second-order valence-corrected chi connectivity index (χ2v) is 5.89. The summed E-state index contributed by atoms with van der Waals surface area (Å²) in [6.07, 6.45) is -3.75. The van der Waals surface area contributed by atoms with Crippen LogP contribution in [0.2, 0.25) is 0 Å². The largest absolute Gasteiger partial charge is 0.375 e. The van der Waals surface area contributed by atoms with Gasteiger partial charge in [0.2, 0.25) is 0 Å². The van der Waals surface area contributed by atoms with Crippen molar-refractivity contribution in [3.05, 3.63) is 0 Å². The predicted molar refractivity (Wildman–Crippen MR) is 71.0 cm³/mol. The molecule has 7 atom stereocenters. The highest BCUT2D eigenvalue weighted by atomic mass is 19.2. The van der Waals surface area contributed by atoms with Gasteiger partial charge >= 0.3 is 0 Å². The summed E-state index contributed by atoms with van der Waals surface area (Å²) in [4.78, 5) is 0. The minimum atomic E-state index is -1.78. The Labute approximate surface area is 119 Å². The van der Waals surface area contributed by atoms with Gasteiger partial charge in [-0.05, 0) is 38.5 Å². The van der Waals surface area contributed by atoms with Crippen molar-refractivity contribution in [1.82, 2.24) is 0 Å². The van der Waals surface area contributed by atoms with Crippen molar-refractivity contribution >= 4 is 0 Å². The molecule has 2 fully saturated rings. The molecule has 20 heavy (non-hydrogen) atoms. The van der Waals surface area contributed by atoms with E-state index < -0.39 is 36.6 Å². The molecule has 118 valence electrons. The molecule has 0 N–H and O–H groups in total. The van der Waals surface area contributed by atoms with Gasteiger partial charge in [0.25, 0.3) is 0 Å². The summed E-state index contributed by atoms with van der Waals surface area (Å²) in [5, 5.41) is 0. The second kappa shape index (κ2) is 7.12. The highest BCUT2D eigenvalue weighted by Crippen LogP contribution is 2.46. The summed E-state index contributed by atoms with van der Waals surface area (Å²) in [6, 6.07) is 0. The standard InChI is InChI=1S/C15H25F3O2/c1-3-7-20-11-8-9-5-6-10(19-4-2)13(16)12(9)15(18)14(11)17/h9-15H,3-8H2,1-2H3. The molecule has 2 aliphatic carbocycles. The normalized spacial score (nSPS) is 45.1. The third-order valence-electron chi connectivity index (χ3n) is 4.57. The zero-order chi connectivity index (χ0) is 14.7. The average Bonchev–Trinajstić information content (AvgIpc) is 2.44. The van der Waals surface area contributed by atoms with Crippen LogP contribution in [0.25, 0.3) is 0 Å². The molecule has 2 saturated carbocycles. The van der Waals surface area contributed by atoms with Crippen LogP contribution in [0.5, 0.6) is 0 Å². The van der Waals surface area contributed by atoms with E-state index in [0.29, 0.717) is 32.5 Å². The first-order valence-electron chi connectivity index (χ1n) is 7.75. The molecular formula is C15H25F3O2. The van der Waals surface area contributed by atoms with Crippen molar-refractivity contribution in [2.75, 3.05) is 13.2 Å². The van der Waals surface area contributed by atoms with Crippen molar-refractivity contribution in [1.29, 1.82) is 0 Å². The van der Waals surface area contributed by atoms with E-state index in [-0.39, 0.29) is 5.92 Å². The number of alkyl halides is 3. The number of hydrogen-bond donors (Lipinski definition) is 0. The zero-order valence-corrected chi connectivity index (χ0v) is 12.2. The van der Waals surface area contributed by atoms with E-state index in [9.17, 15) is 13.2 Å². The molecule has 2 nitrogen and oxygen atoms in total. The van der Waals surface area contributed by atoms with Gasteiger partial charge in [-0.2, -0.15) is 0 Å². The van der Waals surface area contributed by atoms with Crippen LogP contribution >= 0.6 is 0 Å². The molecule has 0 spiro atoms. The second-order valence-electron chi connectivity index (χ2n) is 5.89. The Kier molecular flexibility index (Phi) is 5.73. The Balaban J connectivity index is 2.03. The molecule has 2 rings (SSSR count). The fourth-order valence-corrected chi connectivity index (χ4v) is 3.61. The van der Waals surface area contributed by atoms with Crippen molar-refractivity contribution in [3.63, 3.8) is 0 Å². The summed E-state index contributed by atoms with van der Waals surface area (Å²) in [5.41, 5.74) is 0. The predicted octanol–water partition coefficient (Wildman–Crippen LogP) is 3.63. The Morgan fingerprint density at radius 1 is 0.900 bits per heavy atom. The van der Waals surface area contributed by atoms with Crippen molar-refractivity contribution in [2.24, 2.45) is 11.8 Å². The first-order valence-corrected chi connectivity index (χ1v) is 7.75. The van der Waals surface area contributed by atoms with Gasteiger partial charge in [-0.15, -0.1) is 0 Å². The molecule has 0 aromatic heterocycles. The van der Waals surface area contributed by atoms with Crippen LogP contribution in [0.1, 0.15) is 39.5 Å². The highest BCUT2D eigenvalue weighted by molar-refractivity contribution is 5.01. The SMILES string of the molecule is CCCOC1CC2CCC(OCC)C(F)C2C(F)C1F. The number of fused-ring (bicyclic) bond motifs is 1. The lowest BCUT2D eigenvalue weighted by atomic mass is 9.66. The zero-order valence-electron chi connectivity index (χ0n) is 12.2. The van der Waals surface area contributed by atoms with Crippen LogP contribution in [0.4, 0.5) is 13.2 Å². The van der Waals surface area contributed by atoms with Gasteiger partial charge in [0.05, 0.1) is 12.2 Å². The summed E-state index contributed by atoms with van der Waals surface area (Å²) in [7, 11) is 0. The lowest BCUT2D eigenvalue weighted by Gasteiger charge is -2.46. The minimum Gasteiger partial charge on any atom is -0.375 e. The molecule has 0 amide bonds. The number of hydrogen-bond acceptors (Lipinski definition) is 2. The Hall–Kier alpha value is -0.290. The average molecular weight is 294 g/mol. The monoisotopic (exact) mass is 294 g/mol. The van der Waals surface area contributed by atoms with Gasteiger partial charge in [0.1, 0.15) is 12.3 Å². The van der Waals surface area contributed by atoms with Crippen LogP contribution in [-0.2, 0) is 9.47 Å². The molecule has 0 aromatic rings. The summed E-state index contributed by atoms with van der Waals surface area (Å²) >= 11 is 0. The number of halogens is 3. The lowest BCUT2D eigenvalue weighted by molar-refractivity contribution is -0.150. The molecule has 0 saturated heterocycles. The molecule has 0 radical (unpaired) electrons. The van der Waals surface area contributed by atoms with E-state index in [1.807, 2.05) is 6.92 Å². The van der Waals surface area contributed by atoms with Gasteiger partial charge in [-0.3, -0.25) is 0 Å². The summed E-state index contributed by atoms with van der Waals surface area (Å²) in [5.74, 6) is -1.01. The minimum absolute atomic E-state index is 0.134. The lowest BCUT2D eigenvalue weighted by Crippen LogP contribution is -2.55. The topological polar surface area (TPSA) is 18.5 Å². The molecule has 0 aliphatic heterocycles. The van der Waals surface area contributed by atoms with Crippen molar-refractivity contribution in [2.45, 2.75) is 70.3 Å². The van der Waals surface area contributed by atoms with E-state index in [0.717, 1.165) is 6.42 Å². The Bertz CT molecular complexity index is 301. The Morgan fingerprint density at radius 3 is 2.30 bits per heavy atom. The van der Waals surface area contributed by atoms with Gasteiger partial charge in [-0.25, -0.2) is 13.2 Å². The van der Waals surface area contributed by atoms with Crippen LogP contribution in [-0.4, -0.2) is 43.9 Å². The fourth-order valence-electron chi connectivity index (χ4n) is 3.61. The highest BCUT2D eigenvalue weighted by Gasteiger charge is 2.53. The van der Waals surface area contributed by atoms with E-state index in [4.69, 9.17) is 9.47 Å². The van der Waals surface area contributed by atoms with E-state index in [2.05, 4.69) is 0 Å². The maximum absolute atomic E-state index is 14.4. The first-order chi connectivity index (χ1) is 9.60. The quantitative estimate of drug-likeness (QED) is 0.771. The molecule has 0 aromatic carbocycles. The summed E-state index contributed by atoms with van der Waals surface area (Å²) in [6.45, 7) is 4.55. The number of ether oxygens (including phenoxy) is 2. The van der Waals surface area contributed by atoms with E-state index in [1.165, 1.54) is 0 Å². The third kappa shape index (κ3) is 3.14. The van der Waals surface area contributed by atoms with Gasteiger partial charge in [-0.1, -0.05) is 6.92 Å².